The second kappa shape index (κ2) is 6.60. The maximum atomic E-state index is 13.8. The lowest BCUT2D eigenvalue weighted by atomic mass is 10.1. The van der Waals surface area contributed by atoms with E-state index in [1.54, 1.807) is 0 Å². The first-order chi connectivity index (χ1) is 10.0. The van der Waals surface area contributed by atoms with Crippen molar-refractivity contribution in [1.82, 2.24) is 5.43 Å². The quantitative estimate of drug-likeness (QED) is 0.267. The summed E-state index contributed by atoms with van der Waals surface area (Å²) in [6, 6.07) is 9.78. The predicted molar refractivity (Wildman–Crippen MR) is 83.2 cm³/mol. The van der Waals surface area contributed by atoms with E-state index in [0.717, 1.165) is 10.5 Å². The molecule has 0 bridgehead atoms. The first kappa shape index (κ1) is 15.3. The standard InChI is InChI=1S/C15H16FN3OS/c1-9-2-4-12(17)7-14(9)21-8-11-6-10(15(20)19-18)3-5-13(11)16/h2-7H,8,17-18H2,1H3,(H,19,20). The highest BCUT2D eigenvalue weighted by molar-refractivity contribution is 7.98. The summed E-state index contributed by atoms with van der Waals surface area (Å²) >= 11 is 1.47. The molecule has 110 valence electrons. The molecule has 0 aliphatic carbocycles. The Morgan fingerprint density at radius 3 is 2.76 bits per heavy atom. The summed E-state index contributed by atoms with van der Waals surface area (Å²) in [4.78, 5) is 12.5. The van der Waals surface area contributed by atoms with Crippen LogP contribution in [0.4, 0.5) is 10.1 Å². The van der Waals surface area contributed by atoms with Crippen molar-refractivity contribution in [2.24, 2.45) is 5.84 Å². The number of rotatable bonds is 4. The number of aryl methyl sites for hydroxylation is 1. The van der Waals surface area contributed by atoms with E-state index < -0.39 is 5.91 Å². The molecule has 2 aromatic rings. The van der Waals surface area contributed by atoms with Crippen molar-refractivity contribution in [2.75, 3.05) is 5.73 Å². The molecule has 6 heteroatoms. The van der Waals surface area contributed by atoms with Gasteiger partial charge in [-0.25, -0.2) is 10.2 Å². The highest BCUT2D eigenvalue weighted by atomic mass is 32.2. The number of hydrogen-bond donors (Lipinski definition) is 3. The molecule has 0 saturated heterocycles. The van der Waals surface area contributed by atoms with Crippen molar-refractivity contribution in [1.29, 1.82) is 0 Å². The molecule has 2 rings (SSSR count). The van der Waals surface area contributed by atoms with E-state index in [-0.39, 0.29) is 5.82 Å². The number of nitrogen functional groups attached to an aromatic ring is 2. The lowest BCUT2D eigenvalue weighted by Gasteiger charge is -2.09. The van der Waals surface area contributed by atoms with Crippen molar-refractivity contribution < 1.29 is 9.18 Å². The Bertz CT molecular complexity index is 676. The van der Waals surface area contributed by atoms with Crippen LogP contribution in [0.2, 0.25) is 0 Å². The number of amides is 1. The Labute approximate surface area is 126 Å². The summed E-state index contributed by atoms with van der Waals surface area (Å²) in [5.41, 5.74) is 10.3. The molecule has 5 N–H and O–H groups in total. The minimum absolute atomic E-state index is 0.332. The number of nitrogens with two attached hydrogens (primary N) is 2. The normalized spacial score (nSPS) is 10.4. The Hall–Kier alpha value is -2.05. The van der Waals surface area contributed by atoms with Crippen LogP contribution in [0.5, 0.6) is 0 Å². The third-order valence-electron chi connectivity index (χ3n) is 3.03. The predicted octanol–water partition coefficient (Wildman–Crippen LogP) is 2.61. The minimum atomic E-state index is -0.443. The van der Waals surface area contributed by atoms with Crippen LogP contribution >= 0.6 is 11.8 Å². The number of nitrogens with one attached hydrogen (secondary N) is 1. The number of anilines is 1. The first-order valence-corrected chi connectivity index (χ1v) is 7.28. The first-order valence-electron chi connectivity index (χ1n) is 6.29. The van der Waals surface area contributed by atoms with Gasteiger partial charge in [0.05, 0.1) is 0 Å². The van der Waals surface area contributed by atoms with Gasteiger partial charge < -0.3 is 5.73 Å². The maximum Gasteiger partial charge on any atom is 0.265 e. The van der Waals surface area contributed by atoms with Crippen LogP contribution in [0.15, 0.2) is 41.3 Å². The van der Waals surface area contributed by atoms with Gasteiger partial charge in [-0.2, -0.15) is 0 Å². The SMILES string of the molecule is Cc1ccc(N)cc1SCc1cc(C(=O)NN)ccc1F. The topological polar surface area (TPSA) is 81.1 Å². The summed E-state index contributed by atoms with van der Waals surface area (Å²) in [6.45, 7) is 1.97. The second-order valence-electron chi connectivity index (χ2n) is 4.59. The van der Waals surface area contributed by atoms with Gasteiger partial charge in [-0.3, -0.25) is 10.2 Å². The zero-order valence-corrected chi connectivity index (χ0v) is 12.3. The molecule has 0 saturated carbocycles. The summed E-state index contributed by atoms with van der Waals surface area (Å²) in [7, 11) is 0. The number of carbonyl (C=O) groups is 1. The third-order valence-corrected chi connectivity index (χ3v) is 4.24. The average Bonchev–Trinajstić information content (AvgIpc) is 2.48. The molecule has 1 amide bonds. The van der Waals surface area contributed by atoms with E-state index in [9.17, 15) is 9.18 Å². The van der Waals surface area contributed by atoms with Crippen LogP contribution < -0.4 is 17.0 Å². The molecule has 0 fully saturated rings. The molecule has 0 heterocycles. The highest BCUT2D eigenvalue weighted by Gasteiger charge is 2.10. The zero-order chi connectivity index (χ0) is 15.4. The number of benzene rings is 2. The Morgan fingerprint density at radius 1 is 1.29 bits per heavy atom. The molecule has 0 spiro atoms. The van der Waals surface area contributed by atoms with E-state index in [2.05, 4.69) is 0 Å². The van der Waals surface area contributed by atoms with Crippen LogP contribution in [0.3, 0.4) is 0 Å². The van der Waals surface area contributed by atoms with E-state index in [4.69, 9.17) is 11.6 Å². The van der Waals surface area contributed by atoms with Crippen LogP contribution in [-0.4, -0.2) is 5.91 Å². The summed E-state index contributed by atoms with van der Waals surface area (Å²) in [6.07, 6.45) is 0. The van der Waals surface area contributed by atoms with Gasteiger partial charge >= 0.3 is 0 Å². The van der Waals surface area contributed by atoms with Crippen LogP contribution in [0, 0.1) is 12.7 Å². The van der Waals surface area contributed by atoms with Gasteiger partial charge in [0, 0.05) is 21.9 Å². The molecule has 2 aromatic carbocycles. The lowest BCUT2D eigenvalue weighted by Crippen LogP contribution is -2.30. The third kappa shape index (κ3) is 3.74. The number of thioether (sulfide) groups is 1. The fourth-order valence-electron chi connectivity index (χ4n) is 1.84. The molecule has 4 nitrogen and oxygen atoms in total. The Balaban J connectivity index is 2.19. The maximum absolute atomic E-state index is 13.8. The van der Waals surface area contributed by atoms with Gasteiger partial charge in [0.25, 0.3) is 5.91 Å². The van der Waals surface area contributed by atoms with Crippen LogP contribution in [-0.2, 0) is 5.75 Å². The molecule has 0 atom stereocenters. The monoisotopic (exact) mass is 305 g/mol. The summed E-state index contributed by atoms with van der Waals surface area (Å²) in [5.74, 6) is 4.69. The number of hydrazine groups is 1. The van der Waals surface area contributed by atoms with Crippen molar-refractivity contribution in [3.8, 4) is 0 Å². The van der Waals surface area contributed by atoms with Gasteiger partial charge in [-0.1, -0.05) is 6.07 Å². The molecule has 0 unspecified atom stereocenters. The smallest absolute Gasteiger partial charge is 0.265 e. The van der Waals surface area contributed by atoms with E-state index in [0.29, 0.717) is 22.6 Å². The van der Waals surface area contributed by atoms with Gasteiger partial charge in [-0.15, -0.1) is 11.8 Å². The second-order valence-corrected chi connectivity index (χ2v) is 5.61. The van der Waals surface area contributed by atoms with Crippen LogP contribution in [0.1, 0.15) is 21.5 Å². The van der Waals surface area contributed by atoms with E-state index in [1.165, 1.54) is 30.0 Å². The number of halogens is 1. The van der Waals surface area contributed by atoms with Gasteiger partial charge in [0.2, 0.25) is 0 Å². The zero-order valence-electron chi connectivity index (χ0n) is 11.5. The van der Waals surface area contributed by atoms with Gasteiger partial charge in [0.1, 0.15) is 5.82 Å². The highest BCUT2D eigenvalue weighted by Crippen LogP contribution is 2.28. The van der Waals surface area contributed by atoms with E-state index in [1.807, 2.05) is 30.5 Å². The minimum Gasteiger partial charge on any atom is -0.399 e. The largest absolute Gasteiger partial charge is 0.399 e. The Kier molecular flexibility index (Phi) is 4.82. The lowest BCUT2D eigenvalue weighted by molar-refractivity contribution is 0.0953. The summed E-state index contributed by atoms with van der Waals surface area (Å²) < 4.78 is 13.8. The van der Waals surface area contributed by atoms with Crippen molar-refractivity contribution in [3.63, 3.8) is 0 Å². The van der Waals surface area contributed by atoms with Crippen molar-refractivity contribution in [2.45, 2.75) is 17.6 Å². The number of carbonyl (C=O) groups excluding carboxylic acids is 1. The Morgan fingerprint density at radius 2 is 2.05 bits per heavy atom. The average molecular weight is 305 g/mol. The van der Waals surface area contributed by atoms with Crippen molar-refractivity contribution in [3.05, 3.63) is 58.9 Å². The van der Waals surface area contributed by atoms with Crippen LogP contribution in [0.25, 0.3) is 0 Å². The molecule has 0 aromatic heterocycles. The fourth-order valence-corrected chi connectivity index (χ4v) is 2.88. The molecule has 0 aliphatic heterocycles. The molecular formula is C15H16FN3OS. The number of hydrogen-bond acceptors (Lipinski definition) is 4. The summed E-state index contributed by atoms with van der Waals surface area (Å²) in [5, 5.41) is 0. The molecule has 0 radical (unpaired) electrons. The van der Waals surface area contributed by atoms with Gasteiger partial charge in [0.15, 0.2) is 0 Å². The molecular weight excluding hydrogens is 289 g/mol. The van der Waals surface area contributed by atoms with Gasteiger partial charge in [-0.05, 0) is 48.4 Å². The fraction of sp³-hybridized carbons (Fsp3) is 0.133. The molecule has 0 aliphatic rings. The molecule has 21 heavy (non-hydrogen) atoms. The van der Waals surface area contributed by atoms with Crippen molar-refractivity contribution >= 4 is 23.4 Å². The van der Waals surface area contributed by atoms with E-state index >= 15 is 0 Å².